The van der Waals surface area contributed by atoms with E-state index >= 15 is 0 Å². The van der Waals surface area contributed by atoms with Crippen LogP contribution < -0.4 is 5.32 Å². The van der Waals surface area contributed by atoms with Gasteiger partial charge in [-0.15, -0.1) is 0 Å². The molecular formula is C26H30N2O3S. The smallest absolute Gasteiger partial charge is 0.251 e. The number of nitrogens with one attached hydrogen (secondary N) is 1. The number of benzene rings is 3. The van der Waals surface area contributed by atoms with Crippen molar-refractivity contribution in [2.45, 2.75) is 44.2 Å². The SMILES string of the molecule is CC(C)N(C)S(=O)(=O)c1ccc(CNC(=O)c2ccccc2CCc2ccccc2)cc1. The van der Waals surface area contributed by atoms with Crippen LogP contribution in [0.1, 0.15) is 40.9 Å². The Morgan fingerprint density at radius 2 is 1.47 bits per heavy atom. The average Bonchev–Trinajstić information content (AvgIpc) is 2.81. The summed E-state index contributed by atoms with van der Waals surface area (Å²) >= 11 is 0. The first-order valence-electron chi connectivity index (χ1n) is 10.8. The Morgan fingerprint density at radius 3 is 2.12 bits per heavy atom. The molecule has 3 aromatic carbocycles. The number of carbonyl (C=O) groups is 1. The van der Waals surface area contributed by atoms with E-state index in [1.54, 1.807) is 31.3 Å². The van der Waals surface area contributed by atoms with Crippen molar-refractivity contribution in [1.82, 2.24) is 9.62 Å². The molecule has 1 amide bonds. The molecule has 3 rings (SSSR count). The second kappa shape index (κ2) is 10.6. The summed E-state index contributed by atoms with van der Waals surface area (Å²) in [6.07, 6.45) is 1.65. The van der Waals surface area contributed by atoms with Crippen LogP contribution in [0.3, 0.4) is 0 Å². The largest absolute Gasteiger partial charge is 0.348 e. The fraction of sp³-hybridized carbons (Fsp3) is 0.269. The van der Waals surface area contributed by atoms with Gasteiger partial charge < -0.3 is 5.32 Å². The van der Waals surface area contributed by atoms with Gasteiger partial charge in [0, 0.05) is 25.2 Å². The van der Waals surface area contributed by atoms with Crippen LogP contribution in [0.4, 0.5) is 0 Å². The number of carbonyl (C=O) groups excluding carboxylic acids is 1. The monoisotopic (exact) mass is 450 g/mol. The molecule has 0 unspecified atom stereocenters. The zero-order chi connectivity index (χ0) is 23.1. The summed E-state index contributed by atoms with van der Waals surface area (Å²) in [5, 5.41) is 2.95. The summed E-state index contributed by atoms with van der Waals surface area (Å²) in [4.78, 5) is 13.1. The molecule has 0 radical (unpaired) electrons. The fourth-order valence-electron chi connectivity index (χ4n) is 3.38. The minimum atomic E-state index is -3.52. The Hall–Kier alpha value is -2.96. The molecule has 0 heterocycles. The first kappa shape index (κ1) is 23.7. The zero-order valence-electron chi connectivity index (χ0n) is 18.8. The van der Waals surface area contributed by atoms with Crippen molar-refractivity contribution < 1.29 is 13.2 Å². The van der Waals surface area contributed by atoms with E-state index in [-0.39, 0.29) is 16.8 Å². The van der Waals surface area contributed by atoms with Crippen molar-refractivity contribution in [3.05, 3.63) is 101 Å². The molecule has 0 saturated heterocycles. The van der Waals surface area contributed by atoms with Gasteiger partial charge in [0.15, 0.2) is 0 Å². The first-order chi connectivity index (χ1) is 15.3. The fourth-order valence-corrected chi connectivity index (χ4v) is 4.75. The average molecular weight is 451 g/mol. The number of aryl methyl sites for hydroxylation is 2. The highest BCUT2D eigenvalue weighted by Gasteiger charge is 2.22. The van der Waals surface area contributed by atoms with E-state index < -0.39 is 10.0 Å². The highest BCUT2D eigenvalue weighted by Crippen LogP contribution is 2.18. The van der Waals surface area contributed by atoms with Crippen LogP contribution >= 0.6 is 0 Å². The van der Waals surface area contributed by atoms with E-state index in [0.29, 0.717) is 12.1 Å². The lowest BCUT2D eigenvalue weighted by Gasteiger charge is -2.21. The topological polar surface area (TPSA) is 66.5 Å². The summed E-state index contributed by atoms with van der Waals surface area (Å²) in [6, 6.07) is 24.4. The van der Waals surface area contributed by atoms with Crippen LogP contribution in [0.5, 0.6) is 0 Å². The van der Waals surface area contributed by atoms with Gasteiger partial charge in [0.05, 0.1) is 4.90 Å². The summed E-state index contributed by atoms with van der Waals surface area (Å²) in [6.45, 7) is 3.99. The summed E-state index contributed by atoms with van der Waals surface area (Å²) in [7, 11) is -1.95. The lowest BCUT2D eigenvalue weighted by Crippen LogP contribution is -2.33. The third kappa shape index (κ3) is 5.84. The first-order valence-corrected chi connectivity index (χ1v) is 12.2. The maximum Gasteiger partial charge on any atom is 0.251 e. The van der Waals surface area contributed by atoms with Crippen molar-refractivity contribution in [2.24, 2.45) is 0 Å². The van der Waals surface area contributed by atoms with E-state index in [9.17, 15) is 13.2 Å². The Kier molecular flexibility index (Phi) is 7.83. The summed E-state index contributed by atoms with van der Waals surface area (Å²) in [5.41, 5.74) is 3.75. The molecule has 0 aromatic heterocycles. The molecule has 0 saturated carbocycles. The lowest BCUT2D eigenvalue weighted by molar-refractivity contribution is 0.0950. The number of amides is 1. The molecule has 0 aliphatic heterocycles. The number of rotatable bonds is 9. The molecular weight excluding hydrogens is 420 g/mol. The summed E-state index contributed by atoms with van der Waals surface area (Å²) < 4.78 is 26.5. The molecule has 0 bridgehead atoms. The second-order valence-corrected chi connectivity index (χ2v) is 10.1. The third-order valence-electron chi connectivity index (χ3n) is 5.57. The Balaban J connectivity index is 1.64. The van der Waals surface area contributed by atoms with Crippen LogP contribution in [0.25, 0.3) is 0 Å². The Labute approximate surface area is 191 Å². The Morgan fingerprint density at radius 1 is 0.844 bits per heavy atom. The quantitative estimate of drug-likeness (QED) is 0.524. The van der Waals surface area contributed by atoms with Gasteiger partial charge in [-0.3, -0.25) is 4.79 Å². The standard InChI is InChI=1S/C26H30N2O3S/c1-20(2)28(3)32(30,31)24-17-14-22(15-18-24)19-27-26(29)25-12-8-7-11-23(25)16-13-21-9-5-4-6-10-21/h4-12,14-15,17-18,20H,13,16,19H2,1-3H3,(H,27,29). The summed E-state index contributed by atoms with van der Waals surface area (Å²) in [5.74, 6) is -0.134. The molecule has 32 heavy (non-hydrogen) atoms. The van der Waals surface area contributed by atoms with Gasteiger partial charge in [-0.1, -0.05) is 60.7 Å². The van der Waals surface area contributed by atoms with Crippen molar-refractivity contribution in [3.8, 4) is 0 Å². The highest BCUT2D eigenvalue weighted by atomic mass is 32.2. The second-order valence-electron chi connectivity index (χ2n) is 8.08. The van der Waals surface area contributed by atoms with Crippen LogP contribution in [0.15, 0.2) is 83.8 Å². The Bertz CT molecular complexity index is 1140. The molecule has 0 aliphatic rings. The molecule has 5 nitrogen and oxygen atoms in total. The minimum absolute atomic E-state index is 0.124. The number of sulfonamides is 1. The lowest BCUT2D eigenvalue weighted by atomic mass is 9.99. The number of nitrogens with zero attached hydrogens (tertiary/aromatic N) is 1. The van der Waals surface area contributed by atoms with Crippen molar-refractivity contribution in [1.29, 1.82) is 0 Å². The van der Waals surface area contributed by atoms with Crippen molar-refractivity contribution >= 4 is 15.9 Å². The van der Waals surface area contributed by atoms with Gasteiger partial charge in [0.1, 0.15) is 0 Å². The molecule has 0 aliphatic carbocycles. The molecule has 3 aromatic rings. The maximum atomic E-state index is 12.8. The molecule has 6 heteroatoms. The number of hydrogen-bond donors (Lipinski definition) is 1. The molecule has 0 fully saturated rings. The predicted molar refractivity (Wildman–Crippen MR) is 128 cm³/mol. The van der Waals surface area contributed by atoms with E-state index in [0.717, 1.165) is 24.0 Å². The van der Waals surface area contributed by atoms with E-state index in [1.165, 1.54) is 9.87 Å². The van der Waals surface area contributed by atoms with E-state index in [1.807, 2.05) is 56.3 Å². The van der Waals surface area contributed by atoms with Crippen LogP contribution in [-0.4, -0.2) is 31.7 Å². The highest BCUT2D eigenvalue weighted by molar-refractivity contribution is 7.89. The number of hydrogen-bond acceptors (Lipinski definition) is 3. The molecule has 168 valence electrons. The van der Waals surface area contributed by atoms with Crippen LogP contribution in [-0.2, 0) is 29.4 Å². The molecule has 0 spiro atoms. The maximum absolute atomic E-state index is 12.8. The van der Waals surface area contributed by atoms with Gasteiger partial charge >= 0.3 is 0 Å². The van der Waals surface area contributed by atoms with Gasteiger partial charge in [-0.05, 0) is 61.6 Å². The van der Waals surface area contributed by atoms with Gasteiger partial charge in [0.2, 0.25) is 10.0 Å². The van der Waals surface area contributed by atoms with Crippen LogP contribution in [0, 0.1) is 0 Å². The van der Waals surface area contributed by atoms with Crippen molar-refractivity contribution in [2.75, 3.05) is 7.05 Å². The predicted octanol–water partition coefficient (Wildman–Crippen LogP) is 4.43. The van der Waals surface area contributed by atoms with Gasteiger partial charge in [0.25, 0.3) is 5.91 Å². The third-order valence-corrected chi connectivity index (χ3v) is 7.62. The minimum Gasteiger partial charge on any atom is -0.348 e. The van der Waals surface area contributed by atoms with Crippen LogP contribution in [0.2, 0.25) is 0 Å². The van der Waals surface area contributed by atoms with E-state index in [4.69, 9.17) is 0 Å². The van der Waals surface area contributed by atoms with Crippen molar-refractivity contribution in [3.63, 3.8) is 0 Å². The normalized spacial score (nSPS) is 11.7. The van der Waals surface area contributed by atoms with Gasteiger partial charge in [-0.2, -0.15) is 4.31 Å². The molecule has 0 atom stereocenters. The van der Waals surface area contributed by atoms with E-state index in [2.05, 4.69) is 17.4 Å². The zero-order valence-corrected chi connectivity index (χ0v) is 19.6. The van der Waals surface area contributed by atoms with Gasteiger partial charge in [-0.25, -0.2) is 8.42 Å². The molecule has 1 N–H and O–H groups in total.